The van der Waals surface area contributed by atoms with Crippen molar-refractivity contribution in [2.45, 2.75) is 6.92 Å². The maximum Gasteiger partial charge on any atom is 0.337 e. The Kier molecular flexibility index (Phi) is 4.05. The second kappa shape index (κ2) is 6.41. The molecule has 2 heterocycles. The van der Waals surface area contributed by atoms with Crippen LogP contribution in [0.5, 0.6) is 0 Å². The van der Waals surface area contributed by atoms with Gasteiger partial charge in [-0.15, -0.1) is 0 Å². The van der Waals surface area contributed by atoms with Gasteiger partial charge in [0.05, 0.1) is 17.0 Å². The van der Waals surface area contributed by atoms with Gasteiger partial charge in [0.1, 0.15) is 5.69 Å². The summed E-state index contributed by atoms with van der Waals surface area (Å²) in [7, 11) is 0. The van der Waals surface area contributed by atoms with Crippen molar-refractivity contribution >= 4 is 28.7 Å². The minimum absolute atomic E-state index is 0.0520. The van der Waals surface area contributed by atoms with Gasteiger partial charge in [-0.25, -0.2) is 4.79 Å². The maximum atomic E-state index is 11.9. The molecule has 0 saturated carbocycles. The van der Waals surface area contributed by atoms with Crippen molar-refractivity contribution in [1.82, 2.24) is 9.78 Å². The molecule has 0 N–H and O–H groups in total. The monoisotopic (exact) mass is 379 g/mol. The van der Waals surface area contributed by atoms with Crippen LogP contribution in [-0.2, 0) is 0 Å². The third-order valence-electron chi connectivity index (χ3n) is 4.23. The highest BCUT2D eigenvalue weighted by Crippen LogP contribution is 2.32. The Morgan fingerprint density at radius 2 is 1.89 bits per heavy atom. The number of benzene rings is 2. The Balaban J connectivity index is 2.07. The molecule has 0 fully saturated rings. The van der Waals surface area contributed by atoms with Crippen LogP contribution in [-0.4, -0.2) is 15.7 Å². The lowest BCUT2D eigenvalue weighted by Gasteiger charge is -2.08. The average Bonchev–Trinajstić information content (AvgIpc) is 3.02. The largest absolute Gasteiger partial charge is 0.545 e. The lowest BCUT2D eigenvalue weighted by molar-refractivity contribution is -0.255. The first kappa shape index (κ1) is 17.1. The number of carbonyl (C=O) groups excluding carboxylic acids is 1. The summed E-state index contributed by atoms with van der Waals surface area (Å²) in [4.78, 5) is 23.2. The molecule has 0 atom stereocenters. The first-order chi connectivity index (χ1) is 13.0. The van der Waals surface area contributed by atoms with Gasteiger partial charge in [-0.1, -0.05) is 41.9 Å². The molecule has 0 aliphatic carbocycles. The standard InChI is InChI=1S/C20H13ClN2O4/c1-11-9-16(24)27-19-17(11)18(12-5-3-2-4-6-12)22-23(19)13-7-8-15(21)14(10-13)20(25)26/h2-10H,1H3,(H,25,26)/p-1. The Morgan fingerprint density at radius 3 is 2.59 bits per heavy atom. The molecule has 4 rings (SSSR count). The molecule has 0 amide bonds. The van der Waals surface area contributed by atoms with Crippen LogP contribution in [0.2, 0.25) is 5.02 Å². The third kappa shape index (κ3) is 2.90. The minimum atomic E-state index is -1.40. The van der Waals surface area contributed by atoms with Crippen molar-refractivity contribution in [3.8, 4) is 16.9 Å². The molecule has 0 aliphatic rings. The summed E-state index contributed by atoms with van der Waals surface area (Å²) in [6.45, 7) is 1.80. The van der Waals surface area contributed by atoms with Gasteiger partial charge in [0.25, 0.3) is 0 Å². The van der Waals surface area contributed by atoms with Gasteiger partial charge in [0.15, 0.2) is 0 Å². The normalized spacial score (nSPS) is 11.0. The maximum absolute atomic E-state index is 11.9. The average molecular weight is 380 g/mol. The molecule has 6 nitrogen and oxygen atoms in total. The van der Waals surface area contributed by atoms with Gasteiger partial charge in [0, 0.05) is 22.2 Å². The van der Waals surface area contributed by atoms with Gasteiger partial charge in [-0.05, 0) is 30.7 Å². The summed E-state index contributed by atoms with van der Waals surface area (Å²) in [5.41, 5.74) is 2.10. The summed E-state index contributed by atoms with van der Waals surface area (Å²) in [6.07, 6.45) is 0. The molecule has 4 aromatic rings. The number of hydrogen-bond donors (Lipinski definition) is 0. The van der Waals surface area contributed by atoms with E-state index in [0.717, 1.165) is 5.56 Å². The summed E-state index contributed by atoms with van der Waals surface area (Å²) < 4.78 is 6.81. The summed E-state index contributed by atoms with van der Waals surface area (Å²) in [6, 6.07) is 15.2. The second-order valence-electron chi connectivity index (χ2n) is 6.01. The van der Waals surface area contributed by atoms with Crippen LogP contribution in [0.4, 0.5) is 0 Å². The molecule has 134 valence electrons. The van der Waals surface area contributed by atoms with E-state index in [-0.39, 0.29) is 16.3 Å². The number of hydrogen-bond acceptors (Lipinski definition) is 5. The second-order valence-corrected chi connectivity index (χ2v) is 6.41. The molecule has 0 unspecified atom stereocenters. The number of halogens is 1. The van der Waals surface area contributed by atoms with E-state index in [0.29, 0.717) is 22.3 Å². The smallest absolute Gasteiger partial charge is 0.337 e. The molecule has 2 aromatic carbocycles. The number of rotatable bonds is 3. The first-order valence-corrected chi connectivity index (χ1v) is 8.43. The first-order valence-electron chi connectivity index (χ1n) is 8.06. The topological polar surface area (TPSA) is 88.2 Å². The van der Waals surface area contributed by atoms with Crippen molar-refractivity contribution in [1.29, 1.82) is 0 Å². The number of carbonyl (C=O) groups is 1. The van der Waals surface area contributed by atoms with Gasteiger partial charge in [-0.3, -0.25) is 0 Å². The number of carboxylic acid groups (broad SMARTS) is 1. The zero-order valence-electron chi connectivity index (χ0n) is 14.1. The Morgan fingerprint density at radius 1 is 1.15 bits per heavy atom. The van der Waals surface area contributed by atoms with E-state index in [2.05, 4.69) is 5.10 Å². The summed E-state index contributed by atoms with van der Waals surface area (Å²) >= 11 is 5.92. The van der Waals surface area contributed by atoms with E-state index in [1.165, 1.54) is 22.9 Å². The highest BCUT2D eigenvalue weighted by atomic mass is 35.5. The zero-order chi connectivity index (χ0) is 19.1. The van der Waals surface area contributed by atoms with Crippen LogP contribution in [0.25, 0.3) is 28.0 Å². The third-order valence-corrected chi connectivity index (χ3v) is 4.56. The molecule has 2 aromatic heterocycles. The quantitative estimate of drug-likeness (QED) is 0.546. The van der Waals surface area contributed by atoms with Crippen LogP contribution >= 0.6 is 11.6 Å². The fourth-order valence-electron chi connectivity index (χ4n) is 3.00. The number of aromatic nitrogens is 2. The fourth-order valence-corrected chi connectivity index (χ4v) is 3.20. The highest BCUT2D eigenvalue weighted by Gasteiger charge is 2.19. The fraction of sp³-hybridized carbons (Fsp3) is 0.0500. The molecular formula is C20H12ClN2O4-. The number of carboxylic acids is 1. The molecule has 0 saturated heterocycles. The van der Waals surface area contributed by atoms with Crippen molar-refractivity contribution in [2.75, 3.05) is 0 Å². The van der Waals surface area contributed by atoms with Gasteiger partial charge in [-0.2, -0.15) is 9.78 Å². The summed E-state index contributed by atoms with van der Waals surface area (Å²) in [5.74, 6) is -1.40. The molecular weight excluding hydrogens is 368 g/mol. The molecule has 0 bridgehead atoms. The van der Waals surface area contributed by atoms with Crippen molar-refractivity contribution in [3.05, 3.63) is 81.2 Å². The van der Waals surface area contributed by atoms with E-state index < -0.39 is 11.6 Å². The minimum Gasteiger partial charge on any atom is -0.545 e. The predicted octanol–water partition coefficient (Wildman–Crippen LogP) is 2.97. The number of nitrogens with zero attached hydrogens (tertiary/aromatic N) is 2. The van der Waals surface area contributed by atoms with E-state index in [1.54, 1.807) is 13.0 Å². The Hall–Kier alpha value is -3.38. The lowest BCUT2D eigenvalue weighted by Crippen LogP contribution is -2.22. The molecule has 0 radical (unpaired) electrons. The zero-order valence-corrected chi connectivity index (χ0v) is 14.9. The molecule has 27 heavy (non-hydrogen) atoms. The van der Waals surface area contributed by atoms with Crippen LogP contribution in [0.3, 0.4) is 0 Å². The van der Waals surface area contributed by atoms with Crippen molar-refractivity contribution < 1.29 is 14.3 Å². The number of aromatic carboxylic acids is 1. The van der Waals surface area contributed by atoms with E-state index in [9.17, 15) is 14.7 Å². The Labute approximate surface area is 158 Å². The molecule has 0 spiro atoms. The van der Waals surface area contributed by atoms with E-state index >= 15 is 0 Å². The van der Waals surface area contributed by atoms with Crippen LogP contribution in [0.1, 0.15) is 15.9 Å². The lowest BCUT2D eigenvalue weighted by atomic mass is 10.1. The number of aryl methyl sites for hydroxylation is 1. The van der Waals surface area contributed by atoms with Gasteiger partial charge >= 0.3 is 5.63 Å². The molecule has 7 heteroatoms. The van der Waals surface area contributed by atoms with E-state index in [4.69, 9.17) is 16.0 Å². The van der Waals surface area contributed by atoms with Crippen LogP contribution in [0.15, 0.2) is 63.8 Å². The Bertz CT molecular complexity index is 1240. The SMILES string of the molecule is Cc1cc(=O)oc2c1c(-c1ccccc1)nn2-c1ccc(Cl)c(C(=O)[O-])c1. The summed E-state index contributed by atoms with van der Waals surface area (Å²) in [5, 5.41) is 16.6. The van der Waals surface area contributed by atoms with Crippen LogP contribution in [0, 0.1) is 6.92 Å². The van der Waals surface area contributed by atoms with E-state index in [1.807, 2.05) is 30.3 Å². The molecule has 0 aliphatic heterocycles. The van der Waals surface area contributed by atoms with Crippen molar-refractivity contribution in [2.24, 2.45) is 0 Å². The highest BCUT2D eigenvalue weighted by molar-refractivity contribution is 6.33. The van der Waals surface area contributed by atoms with Crippen LogP contribution < -0.4 is 10.7 Å². The van der Waals surface area contributed by atoms with Crippen molar-refractivity contribution in [3.63, 3.8) is 0 Å². The predicted molar refractivity (Wildman–Crippen MR) is 99.1 cm³/mol. The van der Waals surface area contributed by atoms with Gasteiger partial charge < -0.3 is 14.3 Å². The van der Waals surface area contributed by atoms with Gasteiger partial charge in [0.2, 0.25) is 5.71 Å². The number of fused-ring (bicyclic) bond motifs is 1.